The van der Waals surface area contributed by atoms with Crippen molar-refractivity contribution in [2.24, 2.45) is 5.73 Å². The van der Waals surface area contributed by atoms with Gasteiger partial charge in [0.05, 0.1) is 0 Å². The number of piperidine rings is 1. The van der Waals surface area contributed by atoms with Crippen molar-refractivity contribution in [3.05, 3.63) is 17.5 Å². The standard InChI is InChI=1S/C14H22N4/c15-12-6-8-18(9-7-12)14-16-10-11-4-2-1-3-5-13(11)17-14/h10,12H,1-9,15H2. The van der Waals surface area contributed by atoms with Crippen molar-refractivity contribution in [1.29, 1.82) is 0 Å². The molecule has 0 bridgehead atoms. The van der Waals surface area contributed by atoms with Crippen LogP contribution in [0.5, 0.6) is 0 Å². The van der Waals surface area contributed by atoms with E-state index in [9.17, 15) is 0 Å². The molecule has 0 aromatic carbocycles. The van der Waals surface area contributed by atoms with Gasteiger partial charge in [0.25, 0.3) is 0 Å². The van der Waals surface area contributed by atoms with E-state index < -0.39 is 0 Å². The fourth-order valence-corrected chi connectivity index (χ4v) is 2.89. The number of nitrogens with zero attached hydrogens (tertiary/aromatic N) is 3. The molecule has 0 saturated carbocycles. The van der Waals surface area contributed by atoms with Crippen LogP contribution in [0.3, 0.4) is 0 Å². The van der Waals surface area contributed by atoms with Gasteiger partial charge in [-0.3, -0.25) is 0 Å². The third-order valence-corrected chi connectivity index (χ3v) is 4.12. The summed E-state index contributed by atoms with van der Waals surface area (Å²) in [4.78, 5) is 11.6. The van der Waals surface area contributed by atoms with Gasteiger partial charge in [0.2, 0.25) is 5.95 Å². The molecule has 1 aliphatic carbocycles. The van der Waals surface area contributed by atoms with Crippen LogP contribution >= 0.6 is 0 Å². The number of aromatic nitrogens is 2. The van der Waals surface area contributed by atoms with E-state index in [-0.39, 0.29) is 0 Å². The van der Waals surface area contributed by atoms with Gasteiger partial charge in [-0.05, 0) is 44.1 Å². The summed E-state index contributed by atoms with van der Waals surface area (Å²) in [6.07, 6.45) is 10.3. The Morgan fingerprint density at radius 3 is 2.72 bits per heavy atom. The summed E-state index contributed by atoms with van der Waals surface area (Å²) in [5.41, 5.74) is 8.59. The summed E-state index contributed by atoms with van der Waals surface area (Å²) >= 11 is 0. The lowest BCUT2D eigenvalue weighted by Crippen LogP contribution is -2.40. The molecular weight excluding hydrogens is 224 g/mol. The fraction of sp³-hybridized carbons (Fsp3) is 0.714. The molecule has 1 saturated heterocycles. The van der Waals surface area contributed by atoms with Gasteiger partial charge >= 0.3 is 0 Å². The minimum atomic E-state index is 0.363. The number of rotatable bonds is 1. The van der Waals surface area contributed by atoms with Crippen LogP contribution in [0.4, 0.5) is 5.95 Å². The van der Waals surface area contributed by atoms with Crippen LogP contribution in [0.15, 0.2) is 6.20 Å². The third-order valence-electron chi connectivity index (χ3n) is 4.12. The maximum Gasteiger partial charge on any atom is 0.225 e. The predicted octanol–water partition coefficient (Wildman–Crippen LogP) is 1.67. The van der Waals surface area contributed by atoms with Crippen molar-refractivity contribution in [3.63, 3.8) is 0 Å². The molecule has 0 spiro atoms. The van der Waals surface area contributed by atoms with E-state index in [0.717, 1.165) is 44.7 Å². The molecule has 18 heavy (non-hydrogen) atoms. The Morgan fingerprint density at radius 1 is 1.11 bits per heavy atom. The topological polar surface area (TPSA) is 55.0 Å². The molecule has 98 valence electrons. The Labute approximate surface area is 109 Å². The number of aryl methyl sites for hydroxylation is 2. The van der Waals surface area contributed by atoms with Gasteiger partial charge in [-0.25, -0.2) is 9.97 Å². The molecule has 4 nitrogen and oxygen atoms in total. The lowest BCUT2D eigenvalue weighted by molar-refractivity contribution is 0.495. The third kappa shape index (κ3) is 2.48. The Balaban J connectivity index is 1.79. The highest BCUT2D eigenvalue weighted by Crippen LogP contribution is 2.21. The number of hydrogen-bond donors (Lipinski definition) is 1. The van der Waals surface area contributed by atoms with Crippen LogP contribution in [-0.4, -0.2) is 29.1 Å². The molecule has 2 N–H and O–H groups in total. The lowest BCUT2D eigenvalue weighted by Gasteiger charge is -2.30. The second-order valence-electron chi connectivity index (χ2n) is 5.53. The van der Waals surface area contributed by atoms with E-state index >= 15 is 0 Å². The minimum absolute atomic E-state index is 0.363. The zero-order valence-electron chi connectivity index (χ0n) is 10.9. The molecule has 1 aromatic heterocycles. The Morgan fingerprint density at radius 2 is 1.89 bits per heavy atom. The first-order valence-electron chi connectivity index (χ1n) is 7.18. The van der Waals surface area contributed by atoms with Gasteiger partial charge in [-0.1, -0.05) is 6.42 Å². The van der Waals surface area contributed by atoms with Gasteiger partial charge in [0.1, 0.15) is 0 Å². The summed E-state index contributed by atoms with van der Waals surface area (Å²) in [6, 6.07) is 0.363. The molecule has 0 amide bonds. The molecule has 2 heterocycles. The largest absolute Gasteiger partial charge is 0.341 e. The number of fused-ring (bicyclic) bond motifs is 1. The summed E-state index contributed by atoms with van der Waals surface area (Å²) < 4.78 is 0. The molecule has 3 rings (SSSR count). The van der Waals surface area contributed by atoms with Gasteiger partial charge in [-0.2, -0.15) is 0 Å². The van der Waals surface area contributed by atoms with E-state index in [1.165, 1.54) is 30.5 Å². The van der Waals surface area contributed by atoms with Gasteiger partial charge < -0.3 is 10.6 Å². The van der Waals surface area contributed by atoms with E-state index in [0.29, 0.717) is 6.04 Å². The summed E-state index contributed by atoms with van der Waals surface area (Å²) in [5.74, 6) is 0.919. The van der Waals surface area contributed by atoms with Crippen molar-refractivity contribution < 1.29 is 0 Å². The first-order valence-corrected chi connectivity index (χ1v) is 7.18. The number of anilines is 1. The van der Waals surface area contributed by atoms with Crippen LogP contribution in [0, 0.1) is 0 Å². The van der Waals surface area contributed by atoms with Crippen LogP contribution in [-0.2, 0) is 12.8 Å². The second-order valence-corrected chi connectivity index (χ2v) is 5.53. The monoisotopic (exact) mass is 246 g/mol. The zero-order valence-corrected chi connectivity index (χ0v) is 10.9. The average molecular weight is 246 g/mol. The molecule has 2 aliphatic rings. The van der Waals surface area contributed by atoms with Crippen LogP contribution in [0.25, 0.3) is 0 Å². The molecule has 0 radical (unpaired) electrons. The predicted molar refractivity (Wildman–Crippen MR) is 72.7 cm³/mol. The number of nitrogens with two attached hydrogens (primary N) is 1. The smallest absolute Gasteiger partial charge is 0.225 e. The average Bonchev–Trinajstić information content (AvgIpc) is 2.64. The van der Waals surface area contributed by atoms with Gasteiger partial charge in [-0.15, -0.1) is 0 Å². The van der Waals surface area contributed by atoms with E-state index in [1.54, 1.807) is 0 Å². The van der Waals surface area contributed by atoms with Gasteiger partial charge in [0.15, 0.2) is 0 Å². The molecule has 0 unspecified atom stereocenters. The van der Waals surface area contributed by atoms with Crippen molar-refractivity contribution in [2.75, 3.05) is 18.0 Å². The van der Waals surface area contributed by atoms with Crippen LogP contribution in [0.2, 0.25) is 0 Å². The normalized spacial score (nSPS) is 21.5. The summed E-state index contributed by atoms with van der Waals surface area (Å²) in [7, 11) is 0. The first-order chi connectivity index (χ1) is 8.83. The first kappa shape index (κ1) is 11.9. The minimum Gasteiger partial charge on any atom is -0.341 e. The summed E-state index contributed by atoms with van der Waals surface area (Å²) in [5, 5.41) is 0. The maximum absolute atomic E-state index is 5.94. The lowest BCUT2D eigenvalue weighted by atomic mass is 10.1. The van der Waals surface area contributed by atoms with E-state index in [1.807, 2.05) is 0 Å². The SMILES string of the molecule is NC1CCN(c2ncc3c(n2)CCCCC3)CC1. The second kappa shape index (κ2) is 5.22. The highest BCUT2D eigenvalue weighted by Gasteiger charge is 2.19. The Bertz CT molecular complexity index is 410. The zero-order chi connectivity index (χ0) is 12.4. The Hall–Kier alpha value is -1.16. The fourth-order valence-electron chi connectivity index (χ4n) is 2.89. The molecule has 1 aromatic rings. The van der Waals surface area contributed by atoms with Crippen molar-refractivity contribution in [2.45, 2.75) is 51.0 Å². The Kier molecular flexibility index (Phi) is 3.46. The summed E-state index contributed by atoms with van der Waals surface area (Å²) in [6.45, 7) is 2.00. The maximum atomic E-state index is 5.94. The quantitative estimate of drug-likeness (QED) is 0.766. The van der Waals surface area contributed by atoms with Crippen LogP contribution < -0.4 is 10.6 Å². The highest BCUT2D eigenvalue weighted by molar-refractivity contribution is 5.34. The van der Waals surface area contributed by atoms with E-state index in [2.05, 4.69) is 16.1 Å². The van der Waals surface area contributed by atoms with Crippen molar-refractivity contribution in [3.8, 4) is 0 Å². The molecule has 1 fully saturated rings. The molecule has 0 atom stereocenters. The highest BCUT2D eigenvalue weighted by atomic mass is 15.3. The van der Waals surface area contributed by atoms with Crippen molar-refractivity contribution >= 4 is 5.95 Å². The molecule has 4 heteroatoms. The van der Waals surface area contributed by atoms with Gasteiger partial charge in [0, 0.05) is 31.0 Å². The van der Waals surface area contributed by atoms with Crippen LogP contribution in [0.1, 0.15) is 43.4 Å². The molecule has 1 aliphatic heterocycles. The van der Waals surface area contributed by atoms with Crippen molar-refractivity contribution in [1.82, 2.24) is 9.97 Å². The van der Waals surface area contributed by atoms with E-state index in [4.69, 9.17) is 10.7 Å². The number of hydrogen-bond acceptors (Lipinski definition) is 4. The molecular formula is C14H22N4.